The lowest BCUT2D eigenvalue weighted by atomic mass is 10.2. The van der Waals surface area contributed by atoms with Gasteiger partial charge in [0, 0.05) is 25.4 Å². The van der Waals surface area contributed by atoms with Crippen molar-refractivity contribution >= 4 is 29.1 Å². The highest BCUT2D eigenvalue weighted by Crippen LogP contribution is 2.25. The molecule has 4 rings (SSSR count). The van der Waals surface area contributed by atoms with Gasteiger partial charge in [0.1, 0.15) is 28.8 Å². The first-order valence-electron chi connectivity index (χ1n) is 9.61. The smallest absolute Gasteiger partial charge is 0.341 e. The van der Waals surface area contributed by atoms with Gasteiger partial charge in [0.2, 0.25) is 0 Å². The number of carbonyl (C=O) groups is 1. The van der Waals surface area contributed by atoms with Crippen LogP contribution in [0.25, 0.3) is 5.65 Å². The molecule has 0 amide bonds. The van der Waals surface area contributed by atoms with Crippen LogP contribution in [0.5, 0.6) is 5.75 Å². The van der Waals surface area contributed by atoms with E-state index in [-0.39, 0.29) is 11.2 Å². The van der Waals surface area contributed by atoms with Crippen LogP contribution >= 0.6 is 0 Å². The summed E-state index contributed by atoms with van der Waals surface area (Å²) < 4.78 is 6.75. The number of anilines is 3. The molecule has 1 aromatic carbocycles. The Labute approximate surface area is 178 Å². The Morgan fingerprint density at radius 2 is 1.94 bits per heavy atom. The van der Waals surface area contributed by atoms with Crippen molar-refractivity contribution in [3.63, 3.8) is 0 Å². The first-order valence-corrected chi connectivity index (χ1v) is 9.61. The zero-order chi connectivity index (χ0) is 22.0. The zero-order valence-electron chi connectivity index (χ0n) is 17.4. The second-order valence-corrected chi connectivity index (χ2v) is 7.09. The van der Waals surface area contributed by atoms with E-state index in [1.54, 1.807) is 7.11 Å². The number of hydrogen-bond acceptors (Lipinski definition) is 7. The quantitative estimate of drug-likeness (QED) is 0.470. The van der Waals surface area contributed by atoms with E-state index in [0.29, 0.717) is 24.0 Å². The summed E-state index contributed by atoms with van der Waals surface area (Å²) in [6.07, 6.45) is 1.31. The summed E-state index contributed by atoms with van der Waals surface area (Å²) in [5.74, 6) is 1.48. The molecule has 0 fully saturated rings. The molecule has 2 N–H and O–H groups in total. The van der Waals surface area contributed by atoms with Crippen molar-refractivity contribution in [2.75, 3.05) is 24.4 Å². The lowest BCUT2D eigenvalue weighted by Gasteiger charge is -2.21. The van der Waals surface area contributed by atoms with Gasteiger partial charge in [-0.1, -0.05) is 18.2 Å². The van der Waals surface area contributed by atoms with Crippen molar-refractivity contribution < 1.29 is 14.6 Å². The molecule has 9 nitrogen and oxygen atoms in total. The Kier molecular flexibility index (Phi) is 5.40. The fourth-order valence-electron chi connectivity index (χ4n) is 3.26. The molecule has 0 unspecified atom stereocenters. The third kappa shape index (κ3) is 4.25. The second-order valence-electron chi connectivity index (χ2n) is 7.09. The molecule has 0 radical (unpaired) electrons. The Morgan fingerprint density at radius 3 is 2.61 bits per heavy atom. The molecule has 9 heteroatoms. The van der Waals surface area contributed by atoms with Gasteiger partial charge in [-0.05, 0) is 36.8 Å². The molecule has 158 valence electrons. The summed E-state index contributed by atoms with van der Waals surface area (Å²) in [6, 6.07) is 15.2. The molecule has 0 saturated carbocycles. The summed E-state index contributed by atoms with van der Waals surface area (Å²) in [4.78, 5) is 22.6. The van der Waals surface area contributed by atoms with Gasteiger partial charge in [-0.2, -0.15) is 9.61 Å². The van der Waals surface area contributed by atoms with Gasteiger partial charge in [0.15, 0.2) is 5.65 Å². The number of hydrogen-bond donors (Lipinski definition) is 2. The number of benzene rings is 1. The fourth-order valence-corrected chi connectivity index (χ4v) is 3.26. The molecule has 4 aromatic rings. The summed E-state index contributed by atoms with van der Waals surface area (Å²) in [5, 5.41) is 17.0. The Morgan fingerprint density at radius 1 is 1.16 bits per heavy atom. The number of fused-ring (bicyclic) bond motifs is 1. The first-order chi connectivity index (χ1) is 14.9. The maximum absolute atomic E-state index is 11.7. The van der Waals surface area contributed by atoms with Crippen LogP contribution < -0.4 is 15.0 Å². The predicted molar refractivity (Wildman–Crippen MR) is 117 cm³/mol. The van der Waals surface area contributed by atoms with E-state index in [9.17, 15) is 9.90 Å². The molecule has 0 aliphatic rings. The maximum atomic E-state index is 11.7. The number of rotatable bonds is 7. The van der Waals surface area contributed by atoms with E-state index in [1.807, 2.05) is 67.4 Å². The monoisotopic (exact) mass is 418 g/mol. The molecule has 0 spiro atoms. The average molecular weight is 418 g/mol. The average Bonchev–Trinajstić information content (AvgIpc) is 3.18. The number of pyridine rings is 1. The van der Waals surface area contributed by atoms with Crippen LogP contribution in [0.15, 0.2) is 54.7 Å². The van der Waals surface area contributed by atoms with E-state index >= 15 is 0 Å². The Balaban J connectivity index is 1.73. The topological polar surface area (TPSA) is 105 Å². The van der Waals surface area contributed by atoms with Gasteiger partial charge in [0.05, 0.1) is 13.3 Å². The van der Waals surface area contributed by atoms with Crippen molar-refractivity contribution in [1.29, 1.82) is 0 Å². The van der Waals surface area contributed by atoms with Crippen molar-refractivity contribution in [3.8, 4) is 5.75 Å². The van der Waals surface area contributed by atoms with Gasteiger partial charge in [-0.3, -0.25) is 0 Å². The van der Waals surface area contributed by atoms with E-state index in [2.05, 4.69) is 20.4 Å². The number of aromatic carboxylic acids is 1. The number of ether oxygens (including phenoxy) is 1. The third-order valence-corrected chi connectivity index (χ3v) is 4.80. The molecule has 0 saturated heterocycles. The van der Waals surface area contributed by atoms with Crippen LogP contribution in [0, 0.1) is 6.92 Å². The number of nitrogens with one attached hydrogen (secondary N) is 1. The van der Waals surface area contributed by atoms with Crippen LogP contribution in [0.1, 0.15) is 21.6 Å². The van der Waals surface area contributed by atoms with Crippen molar-refractivity contribution in [3.05, 3.63) is 71.5 Å². The van der Waals surface area contributed by atoms with Gasteiger partial charge >= 0.3 is 5.97 Å². The minimum atomic E-state index is -1.09. The molecule has 0 bridgehead atoms. The SMILES string of the molecule is COc1ccc(CN(C)c2cc(Nc3cccc(C)n3)nc3c(C(=O)O)cnn23)cc1. The molecule has 3 heterocycles. The van der Waals surface area contributed by atoms with E-state index in [4.69, 9.17) is 4.74 Å². The Bertz CT molecular complexity index is 1240. The summed E-state index contributed by atoms with van der Waals surface area (Å²) in [6.45, 7) is 2.48. The molecule has 3 aromatic heterocycles. The molecule has 31 heavy (non-hydrogen) atoms. The minimum Gasteiger partial charge on any atom is -0.497 e. The molecular weight excluding hydrogens is 396 g/mol. The third-order valence-electron chi connectivity index (χ3n) is 4.80. The normalized spacial score (nSPS) is 10.8. The molecule has 0 aliphatic carbocycles. The van der Waals surface area contributed by atoms with Crippen molar-refractivity contribution in [1.82, 2.24) is 19.6 Å². The Hall–Kier alpha value is -4.14. The molecule has 0 atom stereocenters. The predicted octanol–water partition coefficient (Wildman–Crippen LogP) is 3.52. The molecular formula is C22H22N6O3. The lowest BCUT2D eigenvalue weighted by Crippen LogP contribution is -2.20. The van der Waals surface area contributed by atoms with Crippen LogP contribution in [-0.2, 0) is 6.54 Å². The van der Waals surface area contributed by atoms with E-state index in [0.717, 1.165) is 17.0 Å². The summed E-state index contributed by atoms with van der Waals surface area (Å²) >= 11 is 0. The minimum absolute atomic E-state index is 0.0277. The van der Waals surface area contributed by atoms with Crippen molar-refractivity contribution in [2.24, 2.45) is 0 Å². The van der Waals surface area contributed by atoms with Crippen LogP contribution in [0.4, 0.5) is 17.5 Å². The number of nitrogens with zero attached hydrogens (tertiary/aromatic N) is 5. The second kappa shape index (κ2) is 8.31. The summed E-state index contributed by atoms with van der Waals surface area (Å²) in [7, 11) is 3.54. The first kappa shape index (κ1) is 20.1. The highest BCUT2D eigenvalue weighted by atomic mass is 16.5. The number of aryl methyl sites for hydroxylation is 1. The van der Waals surface area contributed by atoms with Gasteiger partial charge < -0.3 is 20.1 Å². The standard InChI is InChI=1S/C22H22N6O3/c1-14-5-4-6-18(24-14)25-19-11-20(28-21(26-19)17(12-23-28)22(29)30)27(2)13-15-7-9-16(31-3)10-8-15/h4-12H,13H2,1-3H3,(H,29,30)(H,24,25,26). The number of carboxylic acids is 1. The van der Waals surface area contributed by atoms with Crippen LogP contribution in [-0.4, -0.2) is 44.8 Å². The maximum Gasteiger partial charge on any atom is 0.341 e. The van der Waals surface area contributed by atoms with Gasteiger partial charge in [-0.25, -0.2) is 14.8 Å². The number of methoxy groups -OCH3 is 1. The van der Waals surface area contributed by atoms with E-state index < -0.39 is 5.97 Å². The largest absolute Gasteiger partial charge is 0.497 e. The fraction of sp³-hybridized carbons (Fsp3) is 0.182. The van der Waals surface area contributed by atoms with Crippen LogP contribution in [0.3, 0.4) is 0 Å². The number of carboxylic acid groups (broad SMARTS) is 1. The van der Waals surface area contributed by atoms with E-state index in [1.165, 1.54) is 10.7 Å². The highest BCUT2D eigenvalue weighted by molar-refractivity contribution is 5.94. The molecule has 0 aliphatic heterocycles. The highest BCUT2D eigenvalue weighted by Gasteiger charge is 2.18. The lowest BCUT2D eigenvalue weighted by molar-refractivity contribution is 0.0699. The zero-order valence-corrected chi connectivity index (χ0v) is 17.4. The van der Waals surface area contributed by atoms with Crippen molar-refractivity contribution in [2.45, 2.75) is 13.5 Å². The number of aromatic nitrogens is 4. The van der Waals surface area contributed by atoms with Crippen LogP contribution in [0.2, 0.25) is 0 Å². The summed E-state index contributed by atoms with van der Waals surface area (Å²) in [5.41, 5.74) is 2.20. The van der Waals surface area contributed by atoms with Gasteiger partial charge in [-0.15, -0.1) is 0 Å². The van der Waals surface area contributed by atoms with Gasteiger partial charge in [0.25, 0.3) is 0 Å².